The minimum atomic E-state index is -0.372. The van der Waals surface area contributed by atoms with Gasteiger partial charge in [-0.2, -0.15) is 5.26 Å². The normalized spacial score (nSPS) is 16.5. The smallest absolute Gasteiger partial charge is 0.266 e. The summed E-state index contributed by atoms with van der Waals surface area (Å²) < 4.78 is 0. The molecule has 0 spiro atoms. The molecule has 1 aromatic heterocycles. The summed E-state index contributed by atoms with van der Waals surface area (Å²) in [5.41, 5.74) is 1.98. The number of aliphatic hydroxyl groups excluding tert-OH is 1. The van der Waals surface area contributed by atoms with E-state index in [2.05, 4.69) is 11.9 Å². The third-order valence-electron chi connectivity index (χ3n) is 5.77. The lowest BCUT2D eigenvalue weighted by Crippen LogP contribution is -2.44. The number of likely N-dealkylation sites (tertiary alicyclic amines) is 1. The molecule has 1 aliphatic heterocycles. The fourth-order valence-corrected chi connectivity index (χ4v) is 3.66. The van der Waals surface area contributed by atoms with Crippen molar-refractivity contribution >= 4 is 5.91 Å². The van der Waals surface area contributed by atoms with Gasteiger partial charge >= 0.3 is 0 Å². The number of carbonyl (C=O) groups is 1. The topological polar surface area (TPSA) is 97.2 Å². The minimum absolute atomic E-state index is 0.0371. The highest BCUT2D eigenvalue weighted by molar-refractivity contribution is 5.76. The third-order valence-corrected chi connectivity index (χ3v) is 5.77. The molecular formula is C19H27N3O3. The molecule has 0 radical (unpaired) electrons. The van der Waals surface area contributed by atoms with Gasteiger partial charge < -0.3 is 15.0 Å². The van der Waals surface area contributed by atoms with Crippen LogP contribution in [0, 0.1) is 30.6 Å². The number of aromatic nitrogens is 1. The van der Waals surface area contributed by atoms with Crippen molar-refractivity contribution in [2.45, 2.75) is 52.9 Å². The van der Waals surface area contributed by atoms with E-state index in [1.807, 2.05) is 11.0 Å². The molecule has 1 aromatic rings. The lowest BCUT2D eigenvalue weighted by molar-refractivity contribution is -0.134. The van der Waals surface area contributed by atoms with Crippen molar-refractivity contribution in [1.29, 1.82) is 5.26 Å². The van der Waals surface area contributed by atoms with Crippen molar-refractivity contribution in [3.8, 4) is 6.07 Å². The van der Waals surface area contributed by atoms with Crippen LogP contribution in [-0.2, 0) is 11.2 Å². The van der Waals surface area contributed by atoms with Gasteiger partial charge in [-0.3, -0.25) is 9.59 Å². The largest absolute Gasteiger partial charge is 0.396 e. The number of piperidine rings is 1. The molecule has 2 N–H and O–H groups in total. The molecule has 25 heavy (non-hydrogen) atoms. The summed E-state index contributed by atoms with van der Waals surface area (Å²) in [5.74, 6) is 0.0890. The number of aliphatic hydroxyl groups is 1. The first-order chi connectivity index (χ1) is 11.9. The van der Waals surface area contributed by atoms with Crippen LogP contribution in [0.5, 0.6) is 0 Å². The molecule has 0 bridgehead atoms. The van der Waals surface area contributed by atoms with Crippen LogP contribution in [0.15, 0.2) is 4.79 Å². The van der Waals surface area contributed by atoms with Crippen LogP contribution in [0.3, 0.4) is 0 Å². The molecule has 0 aliphatic carbocycles. The maximum Gasteiger partial charge on any atom is 0.266 e. The van der Waals surface area contributed by atoms with Crippen molar-refractivity contribution in [2.75, 3.05) is 19.7 Å². The summed E-state index contributed by atoms with van der Waals surface area (Å²) in [4.78, 5) is 28.9. The summed E-state index contributed by atoms with van der Waals surface area (Å²) in [6, 6.07) is 1.94. The van der Waals surface area contributed by atoms with E-state index in [4.69, 9.17) is 5.26 Å². The Morgan fingerprint density at radius 1 is 1.36 bits per heavy atom. The van der Waals surface area contributed by atoms with Crippen LogP contribution >= 0.6 is 0 Å². The van der Waals surface area contributed by atoms with E-state index in [1.54, 1.807) is 13.8 Å². The quantitative estimate of drug-likeness (QED) is 0.850. The van der Waals surface area contributed by atoms with Crippen molar-refractivity contribution in [1.82, 2.24) is 9.88 Å². The predicted molar refractivity (Wildman–Crippen MR) is 95.2 cm³/mol. The Labute approximate surface area is 148 Å². The summed E-state index contributed by atoms with van der Waals surface area (Å²) >= 11 is 0. The number of hydrogen-bond acceptors (Lipinski definition) is 4. The molecular weight excluding hydrogens is 318 g/mol. The first-order valence-electron chi connectivity index (χ1n) is 8.88. The third kappa shape index (κ3) is 3.93. The van der Waals surface area contributed by atoms with E-state index in [0.717, 1.165) is 30.5 Å². The number of hydrogen-bond donors (Lipinski definition) is 2. The maximum absolute atomic E-state index is 12.5. The second-order valence-electron chi connectivity index (χ2n) is 7.06. The predicted octanol–water partition coefficient (Wildman–Crippen LogP) is 1.81. The van der Waals surface area contributed by atoms with Crippen molar-refractivity contribution < 1.29 is 9.90 Å². The average Bonchev–Trinajstić information content (AvgIpc) is 2.61. The lowest BCUT2D eigenvalue weighted by Gasteiger charge is -2.40. The van der Waals surface area contributed by atoms with Crippen molar-refractivity contribution in [3.05, 3.63) is 32.7 Å². The van der Waals surface area contributed by atoms with Crippen LogP contribution in [-0.4, -0.2) is 40.6 Å². The molecule has 0 aromatic carbocycles. The van der Waals surface area contributed by atoms with Gasteiger partial charge in [-0.25, -0.2) is 0 Å². The van der Waals surface area contributed by atoms with E-state index in [0.29, 0.717) is 31.5 Å². The number of nitriles is 1. The zero-order valence-corrected chi connectivity index (χ0v) is 15.3. The monoisotopic (exact) mass is 345 g/mol. The van der Waals surface area contributed by atoms with Crippen molar-refractivity contribution in [2.24, 2.45) is 5.41 Å². The van der Waals surface area contributed by atoms with E-state index < -0.39 is 0 Å². The van der Waals surface area contributed by atoms with Crippen LogP contribution < -0.4 is 5.56 Å². The number of nitrogens with one attached hydrogen (secondary N) is 1. The van der Waals surface area contributed by atoms with E-state index in [9.17, 15) is 14.7 Å². The average molecular weight is 345 g/mol. The molecule has 6 nitrogen and oxygen atoms in total. The Morgan fingerprint density at radius 2 is 2.00 bits per heavy atom. The summed E-state index contributed by atoms with van der Waals surface area (Å²) in [5, 5.41) is 18.7. The van der Waals surface area contributed by atoms with Crippen LogP contribution in [0.2, 0.25) is 0 Å². The van der Waals surface area contributed by atoms with Crippen LogP contribution in [0.4, 0.5) is 0 Å². The Morgan fingerprint density at radius 3 is 2.52 bits per heavy atom. The molecule has 2 rings (SSSR count). The first-order valence-corrected chi connectivity index (χ1v) is 8.88. The number of amides is 1. The molecule has 0 saturated carbocycles. The van der Waals surface area contributed by atoms with Gasteiger partial charge in [0.2, 0.25) is 5.91 Å². The van der Waals surface area contributed by atoms with E-state index >= 15 is 0 Å². The molecule has 1 saturated heterocycles. The van der Waals surface area contributed by atoms with E-state index in [-0.39, 0.29) is 29.1 Å². The molecule has 0 unspecified atom stereocenters. The Bertz CT molecular complexity index is 732. The number of carbonyl (C=O) groups excluding carboxylic acids is 1. The Kier molecular flexibility index (Phi) is 6.02. The molecule has 136 valence electrons. The summed E-state index contributed by atoms with van der Waals surface area (Å²) in [7, 11) is 0. The fourth-order valence-electron chi connectivity index (χ4n) is 3.66. The standard InChI is InChI=1S/C19H27N3O3/c1-4-19(12-23)7-9-22(10-8-19)17(24)6-5-15-13(2)16(11-20)18(25)21-14(15)3/h23H,4-10,12H2,1-3H3,(H,21,25). The van der Waals surface area contributed by atoms with Gasteiger partial charge in [0.05, 0.1) is 0 Å². The van der Waals surface area contributed by atoms with Crippen molar-refractivity contribution in [3.63, 3.8) is 0 Å². The number of H-pyrrole nitrogens is 1. The number of aryl methyl sites for hydroxylation is 1. The molecule has 1 fully saturated rings. The molecule has 0 atom stereocenters. The molecule has 6 heteroatoms. The number of rotatable bonds is 5. The van der Waals surface area contributed by atoms with Gasteiger partial charge in [-0.1, -0.05) is 6.92 Å². The lowest BCUT2D eigenvalue weighted by atomic mass is 9.77. The SMILES string of the molecule is CCC1(CO)CCN(C(=O)CCc2c(C)[nH]c(=O)c(C#N)c2C)CC1. The zero-order chi connectivity index (χ0) is 18.6. The van der Waals surface area contributed by atoms with Gasteiger partial charge in [-0.15, -0.1) is 0 Å². The van der Waals surface area contributed by atoms with Crippen LogP contribution in [0.1, 0.15) is 55.0 Å². The van der Waals surface area contributed by atoms with Gasteiger partial charge in [-0.05, 0) is 56.1 Å². The Balaban J connectivity index is 2.02. The first kappa shape index (κ1) is 19.2. The van der Waals surface area contributed by atoms with Crippen LogP contribution in [0.25, 0.3) is 0 Å². The Hall–Kier alpha value is -2.13. The van der Waals surface area contributed by atoms with Gasteiger partial charge in [0.1, 0.15) is 11.6 Å². The molecule has 2 heterocycles. The van der Waals surface area contributed by atoms with Gasteiger partial charge in [0.25, 0.3) is 5.56 Å². The second kappa shape index (κ2) is 7.83. The highest BCUT2D eigenvalue weighted by atomic mass is 16.3. The van der Waals surface area contributed by atoms with Gasteiger partial charge in [0, 0.05) is 31.8 Å². The number of pyridine rings is 1. The van der Waals surface area contributed by atoms with Gasteiger partial charge in [0.15, 0.2) is 0 Å². The molecule has 1 amide bonds. The maximum atomic E-state index is 12.5. The summed E-state index contributed by atoms with van der Waals surface area (Å²) in [6.07, 6.45) is 3.47. The highest BCUT2D eigenvalue weighted by Gasteiger charge is 2.33. The number of nitrogens with zero attached hydrogens (tertiary/aromatic N) is 2. The zero-order valence-electron chi connectivity index (χ0n) is 15.3. The number of aromatic amines is 1. The van der Waals surface area contributed by atoms with E-state index in [1.165, 1.54) is 0 Å². The molecule has 1 aliphatic rings. The minimum Gasteiger partial charge on any atom is -0.396 e. The fraction of sp³-hybridized carbons (Fsp3) is 0.632. The highest BCUT2D eigenvalue weighted by Crippen LogP contribution is 2.34. The second-order valence-corrected chi connectivity index (χ2v) is 7.06. The summed E-state index contributed by atoms with van der Waals surface area (Å²) in [6.45, 7) is 7.19.